The van der Waals surface area contributed by atoms with Gasteiger partial charge in [0.2, 0.25) is 5.91 Å². The van der Waals surface area contributed by atoms with Crippen molar-refractivity contribution in [1.29, 1.82) is 0 Å². The Morgan fingerprint density at radius 2 is 2.17 bits per heavy atom. The molecule has 1 N–H and O–H groups in total. The van der Waals surface area contributed by atoms with E-state index in [0.29, 0.717) is 23.4 Å². The SMILES string of the molecule is CC(Sc1nnc(-c2cccnc2)n1Cc1ccco1)C(=O)NC1CCCCC1C. The number of hydrogen-bond acceptors (Lipinski definition) is 6. The lowest BCUT2D eigenvalue weighted by Crippen LogP contribution is -2.44. The van der Waals surface area contributed by atoms with Gasteiger partial charge in [-0.15, -0.1) is 10.2 Å². The van der Waals surface area contributed by atoms with E-state index in [4.69, 9.17) is 4.42 Å². The van der Waals surface area contributed by atoms with Crippen LogP contribution in [0.15, 0.2) is 52.5 Å². The van der Waals surface area contributed by atoms with Crippen molar-refractivity contribution in [2.75, 3.05) is 0 Å². The Morgan fingerprint density at radius 3 is 2.90 bits per heavy atom. The molecule has 3 unspecified atom stereocenters. The van der Waals surface area contributed by atoms with Gasteiger partial charge in [-0.3, -0.25) is 14.3 Å². The van der Waals surface area contributed by atoms with Crippen LogP contribution in [0, 0.1) is 5.92 Å². The number of aromatic nitrogens is 4. The number of carbonyl (C=O) groups is 1. The topological polar surface area (TPSA) is 85.8 Å². The number of thioether (sulfide) groups is 1. The molecule has 1 amide bonds. The molecule has 3 heterocycles. The number of nitrogens with zero attached hydrogens (tertiary/aromatic N) is 4. The monoisotopic (exact) mass is 425 g/mol. The molecule has 7 nitrogen and oxygen atoms in total. The summed E-state index contributed by atoms with van der Waals surface area (Å²) in [5, 5.41) is 12.4. The highest BCUT2D eigenvalue weighted by atomic mass is 32.2. The van der Waals surface area contributed by atoms with Crippen LogP contribution in [0.25, 0.3) is 11.4 Å². The predicted molar refractivity (Wildman–Crippen MR) is 116 cm³/mol. The summed E-state index contributed by atoms with van der Waals surface area (Å²) in [6.45, 7) is 4.63. The number of rotatable bonds is 7. The second kappa shape index (κ2) is 9.47. The average Bonchev–Trinajstić information content (AvgIpc) is 3.41. The van der Waals surface area contributed by atoms with Gasteiger partial charge < -0.3 is 9.73 Å². The lowest BCUT2D eigenvalue weighted by atomic mass is 9.86. The molecule has 1 saturated carbocycles. The standard InChI is InChI=1S/C22H27N5O2S/c1-15-7-3-4-10-19(15)24-21(28)16(2)30-22-26-25-20(17-8-5-11-23-13-17)27(22)14-18-9-6-12-29-18/h5-6,8-9,11-13,15-16,19H,3-4,7,10,14H2,1-2H3,(H,24,28). The normalized spacial score (nSPS) is 20.1. The molecule has 0 aliphatic heterocycles. The first-order valence-electron chi connectivity index (χ1n) is 10.4. The highest BCUT2D eigenvalue weighted by molar-refractivity contribution is 8.00. The van der Waals surface area contributed by atoms with E-state index in [1.165, 1.54) is 31.0 Å². The van der Waals surface area contributed by atoms with Crippen molar-refractivity contribution >= 4 is 17.7 Å². The predicted octanol–water partition coefficient (Wildman–Crippen LogP) is 4.16. The Bertz CT molecular complexity index is 957. The number of amides is 1. The third-order valence-corrected chi connectivity index (χ3v) is 6.70. The molecule has 1 fully saturated rings. The minimum absolute atomic E-state index is 0.0502. The highest BCUT2D eigenvalue weighted by Gasteiger charge is 2.27. The summed E-state index contributed by atoms with van der Waals surface area (Å²) in [5.41, 5.74) is 0.872. The number of furan rings is 1. The van der Waals surface area contributed by atoms with Crippen LogP contribution in [0.2, 0.25) is 0 Å². The minimum Gasteiger partial charge on any atom is -0.467 e. The number of pyridine rings is 1. The van der Waals surface area contributed by atoms with Gasteiger partial charge >= 0.3 is 0 Å². The first-order valence-corrected chi connectivity index (χ1v) is 11.3. The lowest BCUT2D eigenvalue weighted by molar-refractivity contribution is -0.121. The fourth-order valence-corrected chi connectivity index (χ4v) is 4.69. The van der Waals surface area contributed by atoms with Gasteiger partial charge in [-0.1, -0.05) is 31.5 Å². The van der Waals surface area contributed by atoms with Gasteiger partial charge in [-0.05, 0) is 49.9 Å². The molecule has 0 bridgehead atoms. The lowest BCUT2D eigenvalue weighted by Gasteiger charge is -2.30. The van der Waals surface area contributed by atoms with E-state index in [2.05, 4.69) is 27.4 Å². The number of carbonyl (C=O) groups excluding carboxylic acids is 1. The number of nitrogens with one attached hydrogen (secondary N) is 1. The van der Waals surface area contributed by atoms with Crippen LogP contribution in [-0.4, -0.2) is 36.9 Å². The summed E-state index contributed by atoms with van der Waals surface area (Å²) in [7, 11) is 0. The van der Waals surface area contributed by atoms with E-state index in [1.807, 2.05) is 35.8 Å². The van der Waals surface area contributed by atoms with Gasteiger partial charge in [-0.25, -0.2) is 0 Å². The van der Waals surface area contributed by atoms with Gasteiger partial charge in [0.15, 0.2) is 11.0 Å². The van der Waals surface area contributed by atoms with Gasteiger partial charge in [0.1, 0.15) is 5.76 Å². The Labute approximate surface area is 180 Å². The zero-order chi connectivity index (χ0) is 20.9. The molecule has 30 heavy (non-hydrogen) atoms. The van der Waals surface area contributed by atoms with Crippen molar-refractivity contribution < 1.29 is 9.21 Å². The van der Waals surface area contributed by atoms with E-state index < -0.39 is 0 Å². The van der Waals surface area contributed by atoms with Crippen molar-refractivity contribution in [1.82, 2.24) is 25.1 Å². The van der Waals surface area contributed by atoms with Crippen molar-refractivity contribution in [3.8, 4) is 11.4 Å². The summed E-state index contributed by atoms with van der Waals surface area (Å²) in [6, 6.07) is 7.86. The zero-order valence-electron chi connectivity index (χ0n) is 17.3. The van der Waals surface area contributed by atoms with Gasteiger partial charge in [0.25, 0.3) is 0 Å². The average molecular weight is 426 g/mol. The second-order valence-electron chi connectivity index (χ2n) is 7.85. The van der Waals surface area contributed by atoms with Gasteiger partial charge in [0.05, 0.1) is 18.1 Å². The van der Waals surface area contributed by atoms with Crippen LogP contribution in [0.1, 0.15) is 45.3 Å². The summed E-state index contributed by atoms with van der Waals surface area (Å²) in [6.07, 6.45) is 9.82. The van der Waals surface area contributed by atoms with Crippen LogP contribution in [0.3, 0.4) is 0 Å². The summed E-state index contributed by atoms with van der Waals surface area (Å²) >= 11 is 1.42. The molecular weight excluding hydrogens is 398 g/mol. The molecule has 3 aromatic heterocycles. The van der Waals surface area contributed by atoms with Crippen molar-refractivity contribution in [2.45, 2.75) is 62.5 Å². The first kappa shape index (κ1) is 20.7. The van der Waals surface area contributed by atoms with E-state index in [9.17, 15) is 4.79 Å². The smallest absolute Gasteiger partial charge is 0.233 e. The highest BCUT2D eigenvalue weighted by Crippen LogP contribution is 2.29. The quantitative estimate of drug-likeness (QED) is 0.572. The Morgan fingerprint density at radius 1 is 1.30 bits per heavy atom. The Kier molecular flexibility index (Phi) is 6.52. The Hall–Kier alpha value is -2.61. The molecule has 0 aromatic carbocycles. The van der Waals surface area contributed by atoms with E-state index in [-0.39, 0.29) is 17.2 Å². The van der Waals surface area contributed by atoms with E-state index in [1.54, 1.807) is 18.7 Å². The van der Waals surface area contributed by atoms with Gasteiger partial charge in [-0.2, -0.15) is 0 Å². The molecule has 3 aromatic rings. The summed E-state index contributed by atoms with van der Waals surface area (Å²) in [5.74, 6) is 2.08. The molecule has 1 aliphatic carbocycles. The van der Waals surface area contributed by atoms with Crippen LogP contribution < -0.4 is 5.32 Å². The van der Waals surface area contributed by atoms with Crippen LogP contribution in [0.4, 0.5) is 0 Å². The largest absolute Gasteiger partial charge is 0.467 e. The number of hydrogen-bond donors (Lipinski definition) is 1. The maximum absolute atomic E-state index is 12.8. The van der Waals surface area contributed by atoms with E-state index in [0.717, 1.165) is 17.7 Å². The molecule has 1 aliphatic rings. The van der Waals surface area contributed by atoms with Crippen molar-refractivity contribution in [2.24, 2.45) is 5.92 Å². The zero-order valence-corrected chi connectivity index (χ0v) is 18.1. The molecule has 0 saturated heterocycles. The summed E-state index contributed by atoms with van der Waals surface area (Å²) in [4.78, 5) is 17.0. The molecule has 0 radical (unpaired) electrons. The Balaban J connectivity index is 1.52. The third kappa shape index (κ3) is 4.75. The molecule has 3 atom stereocenters. The summed E-state index contributed by atoms with van der Waals surface area (Å²) < 4.78 is 7.52. The van der Waals surface area contributed by atoms with Crippen LogP contribution in [-0.2, 0) is 11.3 Å². The van der Waals surface area contributed by atoms with Crippen LogP contribution in [0.5, 0.6) is 0 Å². The molecule has 4 rings (SSSR count). The van der Waals surface area contributed by atoms with E-state index >= 15 is 0 Å². The second-order valence-corrected chi connectivity index (χ2v) is 9.16. The molecular formula is C22H27N5O2S. The van der Waals surface area contributed by atoms with Crippen molar-refractivity contribution in [3.63, 3.8) is 0 Å². The first-order chi connectivity index (χ1) is 14.6. The molecule has 8 heteroatoms. The third-order valence-electron chi connectivity index (χ3n) is 5.62. The minimum atomic E-state index is -0.277. The fraction of sp³-hybridized carbons (Fsp3) is 0.455. The van der Waals surface area contributed by atoms with Crippen molar-refractivity contribution in [3.05, 3.63) is 48.7 Å². The fourth-order valence-electron chi connectivity index (χ4n) is 3.83. The molecule has 158 valence electrons. The maximum atomic E-state index is 12.8. The molecule has 0 spiro atoms. The maximum Gasteiger partial charge on any atom is 0.233 e. The van der Waals surface area contributed by atoms with Crippen LogP contribution >= 0.6 is 11.8 Å². The van der Waals surface area contributed by atoms with Gasteiger partial charge in [0, 0.05) is 24.0 Å².